The molecule has 0 spiro atoms. The van der Waals surface area contributed by atoms with Crippen LogP contribution in [0.25, 0.3) is 0 Å². The monoisotopic (exact) mass is 356 g/mol. The molecule has 9 heteroatoms. The number of nitro benzene ring substituents is 1. The Labute approximate surface area is 148 Å². The molecule has 0 saturated carbocycles. The van der Waals surface area contributed by atoms with Gasteiger partial charge in [-0.05, 0) is 42.8 Å². The van der Waals surface area contributed by atoms with Gasteiger partial charge in [0.05, 0.1) is 17.1 Å². The number of nitrogens with one attached hydrogen (secondary N) is 1. The molecule has 1 N–H and O–H groups in total. The average molecular weight is 356 g/mol. The van der Waals surface area contributed by atoms with E-state index < -0.39 is 22.9 Å². The van der Waals surface area contributed by atoms with Crippen LogP contribution in [0.5, 0.6) is 5.75 Å². The van der Waals surface area contributed by atoms with Crippen molar-refractivity contribution in [3.63, 3.8) is 0 Å². The topological polar surface area (TPSA) is 134 Å². The Hall–Kier alpha value is -3.75. The summed E-state index contributed by atoms with van der Waals surface area (Å²) < 4.78 is 5.13. The number of ether oxygens (including phenoxy) is 1. The lowest BCUT2D eigenvalue weighted by Crippen LogP contribution is -2.37. The first kappa shape index (κ1) is 18.6. The van der Waals surface area contributed by atoms with Crippen molar-refractivity contribution in [3.8, 4) is 5.75 Å². The molecule has 0 radical (unpaired) electrons. The van der Waals surface area contributed by atoms with Crippen LogP contribution in [0.4, 0.5) is 5.69 Å². The summed E-state index contributed by atoms with van der Waals surface area (Å²) in [5.41, 5.74) is 2.81. The van der Waals surface area contributed by atoms with Gasteiger partial charge in [-0.3, -0.25) is 14.9 Å². The number of carbonyl (C=O) groups is 2. The van der Waals surface area contributed by atoms with Crippen LogP contribution in [0.3, 0.4) is 0 Å². The maximum atomic E-state index is 11.9. The third-order valence-corrected chi connectivity index (χ3v) is 3.22. The minimum Gasteiger partial charge on any atom is -0.546 e. The number of rotatable bonds is 7. The molecule has 2 aromatic carbocycles. The van der Waals surface area contributed by atoms with Gasteiger partial charge in [0.25, 0.3) is 11.6 Å². The van der Waals surface area contributed by atoms with E-state index in [0.717, 1.165) is 6.07 Å². The molecule has 0 bridgehead atoms. The zero-order valence-corrected chi connectivity index (χ0v) is 13.6. The Morgan fingerprint density at radius 3 is 2.54 bits per heavy atom. The van der Waals surface area contributed by atoms with Crippen LogP contribution < -0.4 is 15.3 Å². The summed E-state index contributed by atoms with van der Waals surface area (Å²) in [5, 5.41) is 25.1. The second-order valence-electron chi connectivity index (χ2n) is 5.15. The van der Waals surface area contributed by atoms with E-state index in [1.165, 1.54) is 31.3 Å². The van der Waals surface area contributed by atoms with E-state index in [-0.39, 0.29) is 11.3 Å². The molecule has 0 unspecified atom stereocenters. The fourth-order valence-corrected chi connectivity index (χ4v) is 1.88. The van der Waals surface area contributed by atoms with Crippen molar-refractivity contribution in [2.24, 2.45) is 5.10 Å². The number of carbonyl (C=O) groups excluding carboxylic acids is 2. The number of non-ortho nitro benzene ring substituents is 1. The Morgan fingerprint density at radius 1 is 1.23 bits per heavy atom. The van der Waals surface area contributed by atoms with E-state index >= 15 is 0 Å². The van der Waals surface area contributed by atoms with Gasteiger partial charge in [0, 0.05) is 17.7 Å². The number of hydrazone groups is 1. The normalized spacial score (nSPS) is 11.7. The van der Waals surface area contributed by atoms with Gasteiger partial charge in [-0.1, -0.05) is 6.07 Å². The fourth-order valence-electron chi connectivity index (χ4n) is 1.88. The van der Waals surface area contributed by atoms with Crippen LogP contribution in [0, 0.1) is 10.1 Å². The minimum atomic E-state index is -1.32. The van der Waals surface area contributed by atoms with Gasteiger partial charge in [-0.25, -0.2) is 5.43 Å². The summed E-state index contributed by atoms with van der Waals surface area (Å²) in [6.07, 6.45) is 0.282. The molecule has 1 amide bonds. The van der Waals surface area contributed by atoms with Crippen molar-refractivity contribution in [2.45, 2.75) is 13.0 Å². The van der Waals surface area contributed by atoms with Gasteiger partial charge in [0.15, 0.2) is 0 Å². The van der Waals surface area contributed by atoms with E-state index in [2.05, 4.69) is 10.5 Å². The number of carboxylic acids is 1. The van der Waals surface area contributed by atoms with Crippen molar-refractivity contribution in [3.05, 3.63) is 69.8 Å². The van der Waals surface area contributed by atoms with Crippen LogP contribution >= 0.6 is 0 Å². The number of benzene rings is 2. The van der Waals surface area contributed by atoms with Gasteiger partial charge in [0.2, 0.25) is 0 Å². The minimum absolute atomic E-state index is 0.108. The molecule has 134 valence electrons. The van der Waals surface area contributed by atoms with Crippen LogP contribution in [-0.4, -0.2) is 29.1 Å². The lowest BCUT2D eigenvalue weighted by molar-refractivity contribution is -0.384. The van der Waals surface area contributed by atoms with Crippen LogP contribution in [0.2, 0.25) is 0 Å². The first-order valence-corrected chi connectivity index (χ1v) is 7.42. The number of nitro groups is 1. The number of amides is 1. The van der Waals surface area contributed by atoms with Crippen molar-refractivity contribution in [1.29, 1.82) is 0 Å². The maximum Gasteiger partial charge on any atom is 0.271 e. The molecule has 2 rings (SSSR count). The first-order valence-electron chi connectivity index (χ1n) is 7.42. The van der Waals surface area contributed by atoms with Crippen molar-refractivity contribution in [1.82, 2.24) is 5.43 Å². The largest absolute Gasteiger partial charge is 0.546 e. The zero-order valence-electron chi connectivity index (χ0n) is 13.6. The predicted octanol–water partition coefficient (Wildman–Crippen LogP) is 0.876. The molecule has 0 aromatic heterocycles. The summed E-state index contributed by atoms with van der Waals surface area (Å²) in [4.78, 5) is 32.6. The molecule has 1 atom stereocenters. The SMILES string of the molecule is C[C@@H](Oc1ccc(/C=N\NC(=O)c2cccc([N+](=O)[O-])c2)cc1)C(=O)[O-]. The van der Waals surface area contributed by atoms with E-state index in [4.69, 9.17) is 4.74 Å². The summed E-state index contributed by atoms with van der Waals surface area (Å²) in [6, 6.07) is 11.6. The summed E-state index contributed by atoms with van der Waals surface area (Å²) in [6.45, 7) is 1.36. The summed E-state index contributed by atoms with van der Waals surface area (Å²) in [7, 11) is 0. The molecule has 0 fully saturated rings. The second-order valence-corrected chi connectivity index (χ2v) is 5.15. The number of hydrogen-bond acceptors (Lipinski definition) is 7. The first-order chi connectivity index (χ1) is 12.4. The Balaban J connectivity index is 1.95. The van der Waals surface area contributed by atoms with Crippen LogP contribution in [0.15, 0.2) is 53.6 Å². The second kappa shape index (κ2) is 8.38. The van der Waals surface area contributed by atoms with Gasteiger partial charge >= 0.3 is 0 Å². The molecule has 0 aliphatic heterocycles. The number of aliphatic carboxylic acids is 1. The van der Waals surface area contributed by atoms with E-state index in [9.17, 15) is 24.8 Å². The number of hydrogen-bond donors (Lipinski definition) is 1. The van der Waals surface area contributed by atoms with Crippen molar-refractivity contribution >= 4 is 23.8 Å². The third kappa shape index (κ3) is 5.13. The molecular weight excluding hydrogens is 342 g/mol. The van der Waals surface area contributed by atoms with Gasteiger partial charge < -0.3 is 14.6 Å². The van der Waals surface area contributed by atoms with E-state index in [1.807, 2.05) is 0 Å². The molecular formula is C17H14N3O6-. The van der Waals surface area contributed by atoms with Crippen LogP contribution in [0.1, 0.15) is 22.8 Å². The molecule has 9 nitrogen and oxygen atoms in total. The fraction of sp³-hybridized carbons (Fsp3) is 0.118. The highest BCUT2D eigenvalue weighted by molar-refractivity contribution is 5.95. The summed E-state index contributed by atoms with van der Waals surface area (Å²) >= 11 is 0. The van der Waals surface area contributed by atoms with Gasteiger partial charge in [0.1, 0.15) is 11.9 Å². The van der Waals surface area contributed by atoms with Gasteiger partial charge in [-0.2, -0.15) is 5.10 Å². The van der Waals surface area contributed by atoms with E-state index in [0.29, 0.717) is 11.3 Å². The quantitative estimate of drug-likeness (QED) is 0.444. The highest BCUT2D eigenvalue weighted by atomic mass is 16.6. The zero-order chi connectivity index (χ0) is 19.1. The molecule has 0 aliphatic carbocycles. The van der Waals surface area contributed by atoms with Crippen LogP contribution in [-0.2, 0) is 4.79 Å². The Kier molecular flexibility index (Phi) is 5.99. The smallest absolute Gasteiger partial charge is 0.271 e. The third-order valence-electron chi connectivity index (χ3n) is 3.22. The maximum absolute atomic E-state index is 11.9. The Bertz CT molecular complexity index is 848. The molecule has 26 heavy (non-hydrogen) atoms. The van der Waals surface area contributed by atoms with Gasteiger partial charge in [-0.15, -0.1) is 0 Å². The highest BCUT2D eigenvalue weighted by Gasteiger charge is 2.10. The predicted molar refractivity (Wildman–Crippen MR) is 89.7 cm³/mol. The average Bonchev–Trinajstić information content (AvgIpc) is 2.63. The lowest BCUT2D eigenvalue weighted by Gasteiger charge is -2.15. The standard InChI is InChI=1S/C17H15N3O6/c1-11(17(22)23)26-15-7-5-12(6-8-15)10-18-19-16(21)13-3-2-4-14(9-13)20(24)25/h2-11H,1H3,(H,19,21)(H,22,23)/p-1/b18-10-/t11-/m1/s1. The molecule has 0 aliphatic rings. The van der Waals surface area contributed by atoms with E-state index in [1.54, 1.807) is 24.3 Å². The van der Waals surface area contributed by atoms with Crippen molar-refractivity contribution < 1.29 is 24.4 Å². The number of carboxylic acid groups (broad SMARTS) is 1. The Morgan fingerprint density at radius 2 is 1.92 bits per heavy atom. The summed E-state index contributed by atoms with van der Waals surface area (Å²) in [5.74, 6) is -1.56. The van der Waals surface area contributed by atoms with Crippen molar-refractivity contribution in [2.75, 3.05) is 0 Å². The number of nitrogens with zero attached hydrogens (tertiary/aromatic N) is 2. The molecule has 2 aromatic rings. The lowest BCUT2D eigenvalue weighted by atomic mass is 10.2. The highest BCUT2D eigenvalue weighted by Crippen LogP contribution is 2.14. The molecule has 0 heterocycles. The molecule has 0 saturated heterocycles.